The summed E-state index contributed by atoms with van der Waals surface area (Å²) in [6.45, 7) is 2.96. The standard InChI is InChI=1S/C18H14N4O5.C16H13N5O4.Cr.Na/c1-10(23)19-13-4-2-3-11-5-7-16(25)18(17(11)13)21-20-14-9-12(22(26)27)6-8-15(14)24;1-10-15(16(23)20(19-10)11-5-3-2-4-6-11)18-17-13-9-12(21(24)25)7-8-14(13)22;;/h2-9,24-25H,1H3,(H,19,23);2-9H,1H3,(H2,17,18,19,22,23);;/q;;;+1. The fourth-order valence-corrected chi connectivity index (χ4v) is 4.77. The van der Waals surface area contributed by atoms with Gasteiger partial charge in [0, 0.05) is 53.3 Å². The number of hydrogen-bond acceptors (Lipinski definition) is 12. The Balaban J connectivity index is 0.000000281. The molecule has 0 bridgehead atoms. The molecule has 0 spiro atoms. The van der Waals surface area contributed by atoms with Crippen LogP contribution in [0.5, 0.6) is 17.2 Å². The van der Waals surface area contributed by atoms with Gasteiger partial charge in [0.15, 0.2) is 11.4 Å². The molecule has 1 amide bonds. The Labute approximate surface area is 337 Å². The van der Waals surface area contributed by atoms with Gasteiger partial charge in [-0.05, 0) is 41.8 Å². The van der Waals surface area contributed by atoms with Crippen molar-refractivity contribution < 1.29 is 82.0 Å². The molecular formula is C34H27CrN9NaO9+. The van der Waals surface area contributed by atoms with Crippen LogP contribution in [0.1, 0.15) is 12.6 Å². The Morgan fingerprint density at radius 2 is 1.41 bits per heavy atom. The molecule has 0 saturated carbocycles. The van der Waals surface area contributed by atoms with E-state index in [1.54, 1.807) is 55.5 Å². The number of carbonyl (C=O) groups excluding carboxylic acids is 1. The molecule has 6 rings (SSSR count). The number of rotatable bonds is 8. The summed E-state index contributed by atoms with van der Waals surface area (Å²) in [5.41, 5.74) is 0.419. The summed E-state index contributed by atoms with van der Waals surface area (Å²) in [5, 5.41) is 73.8. The van der Waals surface area contributed by atoms with Crippen molar-refractivity contribution in [2.45, 2.75) is 13.8 Å². The fourth-order valence-electron chi connectivity index (χ4n) is 4.77. The van der Waals surface area contributed by atoms with Crippen molar-refractivity contribution in [1.29, 1.82) is 0 Å². The van der Waals surface area contributed by atoms with E-state index in [9.17, 15) is 45.1 Å². The van der Waals surface area contributed by atoms with Gasteiger partial charge in [-0.1, -0.05) is 48.4 Å². The third kappa shape index (κ3) is 9.80. The number of phenols is 3. The fraction of sp³-hybridized carbons (Fsp3) is 0.0588. The Morgan fingerprint density at radius 3 is 2.02 bits per heavy atom. The van der Waals surface area contributed by atoms with Crippen molar-refractivity contribution in [3.8, 4) is 22.9 Å². The number of nitro benzene ring substituents is 2. The van der Waals surface area contributed by atoms with E-state index in [4.69, 9.17) is 0 Å². The molecule has 0 saturated heterocycles. The molecule has 5 aromatic carbocycles. The van der Waals surface area contributed by atoms with Gasteiger partial charge in [0.05, 0.1) is 27.0 Å². The number of nitrogens with one attached hydrogen (secondary N) is 2. The molecule has 1 aromatic heterocycles. The van der Waals surface area contributed by atoms with Gasteiger partial charge in [0.25, 0.3) is 22.6 Å². The van der Waals surface area contributed by atoms with Crippen LogP contribution in [0.15, 0.2) is 117 Å². The van der Waals surface area contributed by atoms with Gasteiger partial charge >= 0.3 is 29.6 Å². The summed E-state index contributed by atoms with van der Waals surface area (Å²) in [6.07, 6.45) is 0. The molecule has 20 heteroatoms. The molecule has 0 fully saturated rings. The molecule has 0 aliphatic heterocycles. The van der Waals surface area contributed by atoms with Gasteiger partial charge in [-0.15, -0.1) is 15.9 Å². The summed E-state index contributed by atoms with van der Waals surface area (Å²) in [5.74, 6) is -0.983. The average molecular weight is 781 g/mol. The van der Waals surface area contributed by atoms with Gasteiger partial charge < -0.3 is 30.4 Å². The van der Waals surface area contributed by atoms with E-state index in [0.29, 0.717) is 22.5 Å². The quantitative estimate of drug-likeness (QED) is 0.0496. The Kier molecular flexibility index (Phi) is 14.5. The molecule has 0 radical (unpaired) electrons. The van der Waals surface area contributed by atoms with Crippen LogP contribution in [0.2, 0.25) is 0 Å². The maximum Gasteiger partial charge on any atom is 1.00 e. The number of hydrogen-bond donors (Lipinski definition) is 5. The zero-order valence-electron chi connectivity index (χ0n) is 28.6. The molecule has 5 N–H and O–H groups in total. The number of azo groups is 2. The monoisotopic (exact) mass is 780 g/mol. The van der Waals surface area contributed by atoms with Crippen molar-refractivity contribution in [2.75, 3.05) is 5.32 Å². The number of aryl methyl sites for hydroxylation is 1. The Hall–Kier alpha value is -6.23. The zero-order valence-corrected chi connectivity index (χ0v) is 31.8. The van der Waals surface area contributed by atoms with Crippen LogP contribution in [0, 0.1) is 27.2 Å². The number of fused-ring (bicyclic) bond motifs is 1. The molecule has 0 aliphatic carbocycles. The second kappa shape index (κ2) is 18.5. The summed E-state index contributed by atoms with van der Waals surface area (Å²) < 4.78 is 1.19. The van der Waals surface area contributed by atoms with E-state index < -0.39 is 15.4 Å². The van der Waals surface area contributed by atoms with Crippen molar-refractivity contribution in [3.63, 3.8) is 0 Å². The van der Waals surface area contributed by atoms with Crippen molar-refractivity contribution in [1.82, 2.24) is 9.78 Å². The van der Waals surface area contributed by atoms with Gasteiger partial charge in [0.2, 0.25) is 5.91 Å². The zero-order chi connectivity index (χ0) is 37.5. The minimum atomic E-state index is -0.615. The van der Waals surface area contributed by atoms with E-state index in [-0.39, 0.29) is 104 Å². The molecule has 0 unspecified atom stereocenters. The van der Waals surface area contributed by atoms with Crippen LogP contribution in [0.4, 0.5) is 39.8 Å². The predicted octanol–water partition coefficient (Wildman–Crippen LogP) is 2.75. The number of phenolic OH excluding ortho intramolecular Hbond substituents is 3. The smallest absolute Gasteiger partial charge is 0.589 e. The van der Waals surface area contributed by atoms with E-state index in [1.807, 2.05) is 6.07 Å². The number of aromatic hydroxyl groups is 3. The molecule has 54 heavy (non-hydrogen) atoms. The van der Waals surface area contributed by atoms with E-state index >= 15 is 0 Å². The maximum atomic E-state index is 12.4. The number of aromatic nitrogens is 2. The molecular weight excluding hydrogens is 753 g/mol. The topological polar surface area (TPSA) is 263 Å². The first-order chi connectivity index (χ1) is 24.8. The molecule has 0 atom stereocenters. The summed E-state index contributed by atoms with van der Waals surface area (Å²) >= 11 is 0. The van der Waals surface area contributed by atoms with Crippen molar-refractivity contribution in [3.05, 3.63) is 133 Å². The van der Waals surface area contributed by atoms with E-state index in [1.165, 1.54) is 17.7 Å². The normalized spacial score (nSPS) is 10.6. The summed E-state index contributed by atoms with van der Waals surface area (Å²) in [7, 11) is 0. The number of para-hydroxylation sites is 1. The minimum Gasteiger partial charge on any atom is -0.589 e. The molecule has 268 valence electrons. The van der Waals surface area contributed by atoms with E-state index in [2.05, 4.69) is 30.9 Å². The number of carbonyl (C=O) groups is 1. The first-order valence-electron chi connectivity index (χ1n) is 15.0. The van der Waals surface area contributed by atoms with Crippen LogP contribution < -0.4 is 50.6 Å². The maximum absolute atomic E-state index is 12.4. The second-order valence-electron chi connectivity index (χ2n) is 10.8. The number of anilines is 1. The molecule has 18 nitrogen and oxygen atoms in total. The number of benzene rings is 5. The third-order valence-electron chi connectivity index (χ3n) is 7.21. The number of nitro groups is 2. The van der Waals surface area contributed by atoms with Crippen LogP contribution in [0.25, 0.3) is 16.5 Å². The number of amides is 1. The van der Waals surface area contributed by atoms with Gasteiger partial charge in [0.1, 0.15) is 22.9 Å². The third-order valence-corrected chi connectivity index (χ3v) is 7.21. The largest absolute Gasteiger partial charge is 1.00 e. The van der Waals surface area contributed by atoms with Crippen LogP contribution in [0.3, 0.4) is 0 Å². The Morgan fingerprint density at radius 1 is 0.815 bits per heavy atom. The molecule has 0 aliphatic rings. The van der Waals surface area contributed by atoms with Gasteiger partial charge in [-0.3, -0.25) is 29.8 Å². The van der Waals surface area contributed by atoms with Crippen LogP contribution in [-0.2, 0) is 22.2 Å². The molecule has 6 aromatic rings. The van der Waals surface area contributed by atoms with E-state index in [0.717, 1.165) is 41.8 Å². The first kappa shape index (κ1) is 42.2. The molecule has 1 heterocycles. The van der Waals surface area contributed by atoms with Crippen molar-refractivity contribution >= 4 is 56.5 Å². The summed E-state index contributed by atoms with van der Waals surface area (Å²) in [6, 6.07) is 23.9. The van der Waals surface area contributed by atoms with Crippen LogP contribution >= 0.6 is 0 Å². The van der Waals surface area contributed by atoms with Crippen LogP contribution in [-0.4, -0.2) is 35.8 Å². The van der Waals surface area contributed by atoms with Gasteiger partial charge in [-0.25, -0.2) is 0 Å². The predicted molar refractivity (Wildman–Crippen MR) is 186 cm³/mol. The first-order valence-corrected chi connectivity index (χ1v) is 15.0. The van der Waals surface area contributed by atoms with Gasteiger partial charge in [-0.2, -0.15) is 0 Å². The second-order valence-corrected chi connectivity index (χ2v) is 10.8. The van der Waals surface area contributed by atoms with Crippen molar-refractivity contribution in [2.24, 2.45) is 15.3 Å². The summed E-state index contributed by atoms with van der Waals surface area (Å²) in [4.78, 5) is 44.4. The Bertz CT molecular complexity index is 2470. The number of non-ortho nitro benzene ring substituents is 2. The number of nitrogens with zero attached hydrogens (tertiary/aromatic N) is 7. The SMILES string of the molecule is CC(=O)Nc1cccc2ccc(O)c([NH+]=Nc3cc([N+](=O)[O-])ccc3O)c12.Cc1[n-]n(-c2ccccc2)c(=O)c1N=Nc1cc([N+](=O)[O-])ccc1O.[Cr].[Na+]. The average Bonchev–Trinajstić information content (AvgIpc) is 3.40. The minimum absolute atomic E-state index is 0.